The lowest BCUT2D eigenvalue weighted by molar-refractivity contribution is -0.129. The van der Waals surface area contributed by atoms with E-state index in [9.17, 15) is 19.2 Å². The summed E-state index contributed by atoms with van der Waals surface area (Å²) < 4.78 is 34.7. The van der Waals surface area contributed by atoms with E-state index >= 15 is 0 Å². The van der Waals surface area contributed by atoms with E-state index < -0.39 is 12.1 Å². The molecule has 348 valence electrons. The van der Waals surface area contributed by atoms with Gasteiger partial charge in [0.1, 0.15) is 6.04 Å². The van der Waals surface area contributed by atoms with E-state index in [2.05, 4.69) is 10.6 Å². The molecule has 5 unspecified atom stereocenters. The Bertz CT molecular complexity index is 2700. The normalized spacial score (nSPS) is 20.6. The smallest absolute Gasteiger partial charge is 0.260 e. The Balaban J connectivity index is 0.784. The maximum atomic E-state index is 14.0. The number of fused-ring (bicyclic) bond motifs is 5. The largest absolute Gasteiger partial charge is 0.493 e. The molecule has 1 aliphatic carbocycles. The molecule has 17 nitrogen and oxygen atoms in total. The van der Waals surface area contributed by atoms with E-state index in [0.29, 0.717) is 88.4 Å². The van der Waals surface area contributed by atoms with Crippen LogP contribution >= 0.6 is 0 Å². The van der Waals surface area contributed by atoms with E-state index in [1.807, 2.05) is 62.7 Å². The van der Waals surface area contributed by atoms with Gasteiger partial charge in [0.2, 0.25) is 18.6 Å². The number of allylic oxidation sites excluding steroid dienone is 3. The van der Waals surface area contributed by atoms with Crippen molar-refractivity contribution in [3.05, 3.63) is 101 Å². The number of carbonyl (C=O) groups is 4. The minimum atomic E-state index is -0.757. The monoisotopic (exact) mass is 911 g/mol. The number of aliphatic imine (C=N–C) groups is 2. The number of rotatable bonds is 15. The first kappa shape index (κ1) is 44.8. The van der Waals surface area contributed by atoms with Gasteiger partial charge < -0.3 is 54.6 Å². The molecule has 6 aliphatic rings. The zero-order valence-electron chi connectivity index (χ0n) is 37.9. The number of nitrogens with two attached hydrogens (primary N) is 1. The molecule has 17 heteroatoms. The molecule has 9 rings (SSSR count). The molecule has 0 saturated heterocycles. The average molecular weight is 912 g/mol. The number of nitrogens with zero attached hydrogens (tertiary/aromatic N) is 4. The van der Waals surface area contributed by atoms with Crippen LogP contribution in [0.1, 0.15) is 72.7 Å². The molecule has 0 bridgehead atoms. The van der Waals surface area contributed by atoms with Crippen molar-refractivity contribution in [3.63, 3.8) is 0 Å². The Morgan fingerprint density at radius 1 is 0.806 bits per heavy atom. The van der Waals surface area contributed by atoms with Gasteiger partial charge in [0.05, 0.1) is 68.1 Å². The third-order valence-corrected chi connectivity index (χ3v) is 12.6. The standard InChI is InChI=1S/C50H53N7O10/c1-27(2)46(51)48(59)54-28(3)47(58)55-33-10-7-29(8-11-33)31-15-34-22-52-38-20-44(41(62-4)18-36(38)49(60)56(34)24-31)64-13-6-14-65-45-21-39-37(19-42(45)63-5)50(61)57-25-32(16-35(57)23-53-39)30-9-12-40-43(17-30)67-26-66-40/h7,9-12,17-25,27-29,34-35,46H,6,8,13-16,26,51H2,1-5H3,(H,54,59)(H,55,58). The van der Waals surface area contributed by atoms with Crippen LogP contribution in [-0.2, 0) is 9.59 Å². The molecule has 4 N–H and O–H groups in total. The molecule has 5 atom stereocenters. The van der Waals surface area contributed by atoms with Crippen LogP contribution in [0.3, 0.4) is 0 Å². The van der Waals surface area contributed by atoms with Gasteiger partial charge in [0, 0.05) is 61.4 Å². The van der Waals surface area contributed by atoms with E-state index in [4.69, 9.17) is 44.1 Å². The molecule has 5 aliphatic heterocycles. The Morgan fingerprint density at radius 3 is 2.04 bits per heavy atom. The third-order valence-electron chi connectivity index (χ3n) is 12.6. The summed E-state index contributed by atoms with van der Waals surface area (Å²) in [7, 11) is 3.05. The van der Waals surface area contributed by atoms with Crippen molar-refractivity contribution < 1.29 is 47.6 Å². The van der Waals surface area contributed by atoms with Crippen molar-refractivity contribution in [2.45, 2.75) is 70.6 Å². The lowest BCUT2D eigenvalue weighted by atomic mass is 9.90. The fourth-order valence-electron chi connectivity index (χ4n) is 8.66. The summed E-state index contributed by atoms with van der Waals surface area (Å²) in [5.41, 5.74) is 11.3. The van der Waals surface area contributed by atoms with Crippen LogP contribution in [0.15, 0.2) is 94.3 Å². The van der Waals surface area contributed by atoms with Gasteiger partial charge in [-0.05, 0) is 72.7 Å². The van der Waals surface area contributed by atoms with Gasteiger partial charge in [-0.25, -0.2) is 0 Å². The van der Waals surface area contributed by atoms with Crippen molar-refractivity contribution in [1.29, 1.82) is 0 Å². The van der Waals surface area contributed by atoms with Crippen molar-refractivity contribution in [2.24, 2.45) is 27.6 Å². The minimum absolute atomic E-state index is 0.0262. The zero-order chi connectivity index (χ0) is 46.9. The highest BCUT2D eigenvalue weighted by Crippen LogP contribution is 2.43. The molecule has 0 saturated carbocycles. The number of hydrogen-bond donors (Lipinski definition) is 3. The highest BCUT2D eigenvalue weighted by atomic mass is 16.7. The highest BCUT2D eigenvalue weighted by molar-refractivity contribution is 6.06. The first-order valence-corrected chi connectivity index (χ1v) is 22.4. The van der Waals surface area contributed by atoms with Crippen molar-refractivity contribution >= 4 is 53.0 Å². The summed E-state index contributed by atoms with van der Waals surface area (Å²) in [6.45, 7) is 6.05. The summed E-state index contributed by atoms with van der Waals surface area (Å²) in [5, 5.41) is 5.55. The summed E-state index contributed by atoms with van der Waals surface area (Å²) >= 11 is 0. The molecule has 0 fully saturated rings. The number of carbonyl (C=O) groups excluding carboxylic acids is 4. The minimum Gasteiger partial charge on any atom is -0.493 e. The lowest BCUT2D eigenvalue weighted by Crippen LogP contribution is -2.51. The van der Waals surface area contributed by atoms with Gasteiger partial charge >= 0.3 is 0 Å². The summed E-state index contributed by atoms with van der Waals surface area (Å²) in [4.78, 5) is 65.9. The molecule has 5 heterocycles. The first-order valence-electron chi connectivity index (χ1n) is 22.4. The van der Waals surface area contributed by atoms with Gasteiger partial charge in [0.25, 0.3) is 11.8 Å². The number of methoxy groups -OCH3 is 2. The van der Waals surface area contributed by atoms with Crippen LogP contribution in [0.4, 0.5) is 11.4 Å². The zero-order valence-corrected chi connectivity index (χ0v) is 37.9. The number of nitrogens with one attached hydrogen (secondary N) is 2. The van der Waals surface area contributed by atoms with Crippen LogP contribution in [-0.4, -0.2) is 104 Å². The Labute approximate surface area is 388 Å². The van der Waals surface area contributed by atoms with Gasteiger partial charge in [-0.2, -0.15) is 0 Å². The molecule has 0 aromatic heterocycles. The molecule has 0 spiro atoms. The van der Waals surface area contributed by atoms with E-state index in [1.54, 1.807) is 53.4 Å². The molecular weight excluding hydrogens is 859 g/mol. The maximum absolute atomic E-state index is 14.0. The summed E-state index contributed by atoms with van der Waals surface area (Å²) in [6, 6.07) is 10.6. The lowest BCUT2D eigenvalue weighted by Gasteiger charge is -2.21. The fourth-order valence-corrected chi connectivity index (χ4v) is 8.66. The van der Waals surface area contributed by atoms with Gasteiger partial charge in [-0.15, -0.1) is 0 Å². The quantitative estimate of drug-likeness (QED) is 0.148. The van der Waals surface area contributed by atoms with E-state index in [1.165, 1.54) is 14.2 Å². The molecule has 3 aromatic rings. The van der Waals surface area contributed by atoms with Gasteiger partial charge in [-0.1, -0.05) is 32.1 Å². The molecule has 4 amide bonds. The first-order chi connectivity index (χ1) is 32.4. The Morgan fingerprint density at radius 2 is 1.43 bits per heavy atom. The van der Waals surface area contributed by atoms with E-state index in [-0.39, 0.29) is 67.6 Å². The second-order valence-corrected chi connectivity index (χ2v) is 17.4. The fraction of sp³-hybridized carbons (Fsp3) is 0.360. The van der Waals surface area contributed by atoms with Crippen LogP contribution < -0.4 is 44.8 Å². The molecular formula is C50H53N7O10. The predicted molar refractivity (Wildman–Crippen MR) is 250 cm³/mol. The van der Waals surface area contributed by atoms with Crippen molar-refractivity contribution in [2.75, 3.05) is 34.2 Å². The van der Waals surface area contributed by atoms with Gasteiger partial charge in [-0.3, -0.25) is 29.2 Å². The van der Waals surface area contributed by atoms with Crippen LogP contribution in [0.2, 0.25) is 0 Å². The second-order valence-electron chi connectivity index (χ2n) is 17.4. The third kappa shape index (κ3) is 9.10. The second kappa shape index (κ2) is 18.8. The summed E-state index contributed by atoms with van der Waals surface area (Å²) in [5.74, 6) is 1.94. The Kier molecular flexibility index (Phi) is 12.6. The predicted octanol–water partition coefficient (Wildman–Crippen LogP) is 6.13. The molecule has 67 heavy (non-hydrogen) atoms. The number of amides is 4. The highest BCUT2D eigenvalue weighted by Gasteiger charge is 2.36. The number of hydrogen-bond acceptors (Lipinski definition) is 13. The topological polar surface area (TPSA) is 205 Å². The van der Waals surface area contributed by atoms with Crippen molar-refractivity contribution in [1.82, 2.24) is 20.4 Å². The van der Waals surface area contributed by atoms with Crippen LogP contribution in [0.5, 0.6) is 34.5 Å². The summed E-state index contributed by atoms with van der Waals surface area (Å²) in [6.07, 6.45) is 15.5. The number of ether oxygens (including phenoxy) is 6. The SMILES string of the molecule is COc1cc2c(cc1OCCCOc1cc3c(cc1OC)C(=O)N1C=C(C4C=CC(NC(=O)C(C)NC(=O)C(N)C(C)C)=CC4)CC1C=N3)N=CC1CC(c3ccc4c(c3)OCO4)=CN1C2=O. The number of benzene rings is 3. The van der Waals surface area contributed by atoms with Gasteiger partial charge in [0.15, 0.2) is 34.5 Å². The van der Waals surface area contributed by atoms with E-state index in [0.717, 1.165) is 16.7 Å². The molecule has 0 radical (unpaired) electrons. The maximum Gasteiger partial charge on any atom is 0.260 e. The Hall–Kier alpha value is -7.40. The van der Waals surface area contributed by atoms with Crippen LogP contribution in [0, 0.1) is 11.8 Å². The van der Waals surface area contributed by atoms with Crippen LogP contribution in [0.25, 0.3) is 5.57 Å². The van der Waals surface area contributed by atoms with Crippen molar-refractivity contribution in [3.8, 4) is 34.5 Å². The molecule has 3 aromatic carbocycles. The average Bonchev–Trinajstić information content (AvgIpc) is 4.07.